The largest absolute Gasteiger partial charge is 0.467 e. The molecule has 0 radical (unpaired) electrons. The Morgan fingerprint density at radius 1 is 1.33 bits per heavy atom. The van der Waals surface area contributed by atoms with Crippen LogP contribution in [0.25, 0.3) is 0 Å². The maximum absolute atomic E-state index is 11.2. The van der Waals surface area contributed by atoms with Gasteiger partial charge in [0, 0.05) is 6.54 Å². The summed E-state index contributed by atoms with van der Waals surface area (Å²) in [6, 6.07) is 0.215. The van der Waals surface area contributed by atoms with Crippen LogP contribution < -0.4 is 10.1 Å². The second kappa shape index (κ2) is 7.70. The third-order valence-corrected chi connectivity index (χ3v) is 2.56. The van der Waals surface area contributed by atoms with Gasteiger partial charge in [0.1, 0.15) is 0 Å². The van der Waals surface area contributed by atoms with Gasteiger partial charge in [-0.2, -0.15) is 15.0 Å². The van der Waals surface area contributed by atoms with E-state index in [1.807, 2.05) is 6.92 Å². The molecule has 8 heteroatoms. The van der Waals surface area contributed by atoms with E-state index in [0.29, 0.717) is 24.3 Å². The highest BCUT2D eigenvalue weighted by molar-refractivity contribution is 7.99. The average Bonchev–Trinajstić information content (AvgIpc) is 2.37. The SMILES string of the molecule is CCNc1nc(OC)nc(SCC(=O)OCC)n1. The number of carbonyl (C=O) groups is 1. The smallest absolute Gasteiger partial charge is 0.321 e. The van der Waals surface area contributed by atoms with E-state index in [1.165, 1.54) is 18.9 Å². The van der Waals surface area contributed by atoms with Crippen molar-refractivity contribution in [2.45, 2.75) is 19.0 Å². The molecule has 0 aliphatic heterocycles. The van der Waals surface area contributed by atoms with Crippen LogP contribution in [0.4, 0.5) is 5.95 Å². The number of hydrogen-bond acceptors (Lipinski definition) is 8. The molecule has 1 heterocycles. The van der Waals surface area contributed by atoms with Gasteiger partial charge in [-0.15, -0.1) is 0 Å². The molecule has 0 bridgehead atoms. The van der Waals surface area contributed by atoms with Crippen LogP contribution >= 0.6 is 11.8 Å². The fraction of sp³-hybridized carbons (Fsp3) is 0.600. The first-order valence-electron chi connectivity index (χ1n) is 5.52. The lowest BCUT2D eigenvalue weighted by atomic mass is 10.7. The van der Waals surface area contributed by atoms with Gasteiger partial charge in [0.15, 0.2) is 5.16 Å². The fourth-order valence-corrected chi connectivity index (χ4v) is 1.68. The van der Waals surface area contributed by atoms with Gasteiger partial charge in [0.25, 0.3) is 0 Å². The van der Waals surface area contributed by atoms with Crippen LogP contribution in [-0.4, -0.2) is 46.9 Å². The van der Waals surface area contributed by atoms with Crippen molar-refractivity contribution < 1.29 is 14.3 Å². The molecule has 0 aromatic carbocycles. The molecule has 1 rings (SSSR count). The van der Waals surface area contributed by atoms with E-state index in [-0.39, 0.29) is 17.7 Å². The second-order valence-corrected chi connectivity index (χ2v) is 3.99. The molecule has 0 saturated carbocycles. The third-order valence-electron chi connectivity index (χ3n) is 1.74. The van der Waals surface area contributed by atoms with Crippen molar-refractivity contribution in [2.24, 2.45) is 0 Å². The molecule has 0 fully saturated rings. The molecule has 0 unspecified atom stereocenters. The number of nitrogens with zero attached hydrogens (tertiary/aromatic N) is 3. The van der Waals surface area contributed by atoms with E-state index in [0.717, 1.165) is 0 Å². The Balaban J connectivity index is 2.68. The van der Waals surface area contributed by atoms with Crippen molar-refractivity contribution >= 4 is 23.7 Å². The lowest BCUT2D eigenvalue weighted by Crippen LogP contribution is -2.09. The Bertz CT molecular complexity index is 403. The van der Waals surface area contributed by atoms with Crippen molar-refractivity contribution in [2.75, 3.05) is 31.3 Å². The number of methoxy groups -OCH3 is 1. The minimum Gasteiger partial charge on any atom is -0.467 e. The van der Waals surface area contributed by atoms with Crippen LogP contribution in [0.15, 0.2) is 5.16 Å². The number of ether oxygens (including phenoxy) is 2. The van der Waals surface area contributed by atoms with E-state index in [9.17, 15) is 4.79 Å². The first kappa shape index (κ1) is 14.5. The Labute approximate surface area is 110 Å². The maximum Gasteiger partial charge on any atom is 0.321 e. The molecular formula is C10H16N4O3S. The average molecular weight is 272 g/mol. The van der Waals surface area contributed by atoms with Crippen LogP contribution in [0, 0.1) is 0 Å². The number of hydrogen-bond donors (Lipinski definition) is 1. The second-order valence-electron chi connectivity index (χ2n) is 3.05. The van der Waals surface area contributed by atoms with E-state index < -0.39 is 0 Å². The lowest BCUT2D eigenvalue weighted by molar-refractivity contribution is -0.139. The summed E-state index contributed by atoms with van der Waals surface area (Å²) >= 11 is 1.18. The molecule has 0 amide bonds. The maximum atomic E-state index is 11.2. The summed E-state index contributed by atoms with van der Waals surface area (Å²) < 4.78 is 9.78. The quantitative estimate of drug-likeness (QED) is 0.580. The molecule has 0 aliphatic rings. The van der Waals surface area contributed by atoms with Gasteiger partial charge in [-0.3, -0.25) is 4.79 Å². The summed E-state index contributed by atoms with van der Waals surface area (Å²) in [6.45, 7) is 4.75. The number of aromatic nitrogens is 3. The zero-order chi connectivity index (χ0) is 13.4. The molecule has 1 N–H and O–H groups in total. The minimum absolute atomic E-state index is 0.159. The van der Waals surface area contributed by atoms with Crippen LogP contribution in [0.1, 0.15) is 13.8 Å². The monoisotopic (exact) mass is 272 g/mol. The van der Waals surface area contributed by atoms with Crippen molar-refractivity contribution in [3.63, 3.8) is 0 Å². The third kappa shape index (κ3) is 4.74. The molecule has 100 valence electrons. The van der Waals surface area contributed by atoms with Gasteiger partial charge in [0.2, 0.25) is 5.95 Å². The number of rotatable bonds is 7. The van der Waals surface area contributed by atoms with Crippen LogP contribution in [0.5, 0.6) is 6.01 Å². The Morgan fingerprint density at radius 3 is 2.72 bits per heavy atom. The fourth-order valence-electron chi connectivity index (χ4n) is 1.06. The van der Waals surface area contributed by atoms with Gasteiger partial charge in [-0.1, -0.05) is 11.8 Å². The van der Waals surface area contributed by atoms with E-state index in [2.05, 4.69) is 20.3 Å². The summed E-state index contributed by atoms with van der Waals surface area (Å²) in [7, 11) is 1.48. The van der Waals surface area contributed by atoms with Crippen molar-refractivity contribution in [3.05, 3.63) is 0 Å². The van der Waals surface area contributed by atoms with Crippen LogP contribution in [0.3, 0.4) is 0 Å². The highest BCUT2D eigenvalue weighted by Crippen LogP contribution is 2.17. The molecular weight excluding hydrogens is 256 g/mol. The van der Waals surface area contributed by atoms with Crippen LogP contribution in [0.2, 0.25) is 0 Å². The first-order valence-corrected chi connectivity index (χ1v) is 6.50. The number of anilines is 1. The molecule has 7 nitrogen and oxygen atoms in total. The summed E-state index contributed by atoms with van der Waals surface area (Å²) in [5.74, 6) is 0.287. The molecule has 0 aliphatic carbocycles. The first-order chi connectivity index (χ1) is 8.69. The molecule has 1 aromatic rings. The number of nitrogens with one attached hydrogen (secondary N) is 1. The topological polar surface area (TPSA) is 86.2 Å². The minimum atomic E-state index is -0.299. The van der Waals surface area contributed by atoms with Gasteiger partial charge < -0.3 is 14.8 Å². The molecule has 0 saturated heterocycles. The standard InChI is InChI=1S/C10H16N4O3S/c1-4-11-8-12-9(16-3)14-10(13-8)18-6-7(15)17-5-2/h4-6H2,1-3H3,(H,11,12,13,14). The Hall–Kier alpha value is -1.57. The summed E-state index contributed by atoms with van der Waals surface area (Å²) in [6.07, 6.45) is 0. The molecule has 0 atom stereocenters. The van der Waals surface area contributed by atoms with Crippen LogP contribution in [-0.2, 0) is 9.53 Å². The molecule has 1 aromatic heterocycles. The summed E-state index contributed by atoms with van der Waals surface area (Å²) in [5, 5.41) is 3.39. The zero-order valence-electron chi connectivity index (χ0n) is 10.6. The van der Waals surface area contributed by atoms with Gasteiger partial charge in [-0.05, 0) is 13.8 Å². The normalized spacial score (nSPS) is 9.94. The highest BCUT2D eigenvalue weighted by atomic mass is 32.2. The molecule has 18 heavy (non-hydrogen) atoms. The lowest BCUT2D eigenvalue weighted by Gasteiger charge is -2.06. The highest BCUT2D eigenvalue weighted by Gasteiger charge is 2.09. The Morgan fingerprint density at radius 2 is 2.11 bits per heavy atom. The van der Waals surface area contributed by atoms with Gasteiger partial charge in [0.05, 0.1) is 19.5 Å². The van der Waals surface area contributed by atoms with Gasteiger partial charge >= 0.3 is 12.0 Å². The number of carbonyl (C=O) groups excluding carboxylic acids is 1. The predicted octanol–water partition coefficient (Wildman–Crippen LogP) is 0.967. The number of thioether (sulfide) groups is 1. The van der Waals surface area contributed by atoms with Gasteiger partial charge in [-0.25, -0.2) is 0 Å². The summed E-state index contributed by atoms with van der Waals surface area (Å²) in [4.78, 5) is 23.4. The summed E-state index contributed by atoms with van der Waals surface area (Å²) in [5.41, 5.74) is 0. The van der Waals surface area contributed by atoms with E-state index >= 15 is 0 Å². The Kier molecular flexibility index (Phi) is 6.20. The number of esters is 1. The molecule has 0 spiro atoms. The van der Waals surface area contributed by atoms with Crippen molar-refractivity contribution in [1.29, 1.82) is 0 Å². The van der Waals surface area contributed by atoms with Crippen molar-refractivity contribution in [3.8, 4) is 6.01 Å². The van der Waals surface area contributed by atoms with E-state index in [1.54, 1.807) is 6.92 Å². The van der Waals surface area contributed by atoms with E-state index in [4.69, 9.17) is 9.47 Å². The predicted molar refractivity (Wildman–Crippen MR) is 67.9 cm³/mol. The zero-order valence-corrected chi connectivity index (χ0v) is 11.4. The van der Waals surface area contributed by atoms with Crippen molar-refractivity contribution in [1.82, 2.24) is 15.0 Å².